The van der Waals surface area contributed by atoms with Gasteiger partial charge in [-0.25, -0.2) is 0 Å². The molecule has 1 N–H and O–H groups in total. The second kappa shape index (κ2) is 7.71. The molecule has 0 fully saturated rings. The number of rotatable bonds is 5. The molecule has 0 radical (unpaired) electrons. The molecule has 0 aromatic heterocycles. The van der Waals surface area contributed by atoms with Gasteiger partial charge >= 0.3 is 0 Å². The van der Waals surface area contributed by atoms with Gasteiger partial charge in [0.1, 0.15) is 5.75 Å². The second-order valence-electron chi connectivity index (χ2n) is 5.46. The average molecular weight is 352 g/mol. The molecule has 0 saturated carbocycles. The van der Waals surface area contributed by atoms with Crippen LogP contribution in [0, 0.1) is 6.92 Å². The first-order valence-electron chi connectivity index (χ1n) is 7.28. The van der Waals surface area contributed by atoms with Crippen LogP contribution in [0.15, 0.2) is 36.4 Å². The second-order valence-corrected chi connectivity index (χ2v) is 6.27. The average Bonchev–Trinajstić information content (AvgIpc) is 2.50. The molecule has 1 amide bonds. The van der Waals surface area contributed by atoms with Crippen LogP contribution in [0.3, 0.4) is 0 Å². The number of hydrogen-bond donors (Lipinski definition) is 1. The number of nitrogens with one attached hydrogen (secondary N) is 1. The Hall–Kier alpha value is -1.71. The van der Waals surface area contributed by atoms with Crippen LogP contribution in [0.1, 0.15) is 29.7 Å². The molecule has 0 aliphatic carbocycles. The molecule has 0 spiro atoms. The lowest BCUT2D eigenvalue weighted by atomic mass is 10.0. The van der Waals surface area contributed by atoms with Crippen molar-refractivity contribution in [1.29, 1.82) is 0 Å². The Morgan fingerprint density at radius 1 is 1.17 bits per heavy atom. The van der Waals surface area contributed by atoms with Crippen molar-refractivity contribution in [3.63, 3.8) is 0 Å². The number of ether oxygens (including phenoxy) is 1. The van der Waals surface area contributed by atoms with Crippen LogP contribution in [0.5, 0.6) is 5.75 Å². The number of amides is 1. The Bertz CT molecular complexity index is 716. The Morgan fingerprint density at radius 3 is 2.57 bits per heavy atom. The highest BCUT2D eigenvalue weighted by Gasteiger charge is 2.15. The maximum Gasteiger partial charge on any atom is 0.224 e. The summed E-state index contributed by atoms with van der Waals surface area (Å²) >= 11 is 11.9. The standard InChI is InChI=1S/C18H19Cl2NO2/c1-11-4-7-17(23-3)14(8-11)12(2)21-18(22)10-13-5-6-15(19)16(20)9-13/h4-9,12H,10H2,1-3H3,(H,21,22)/t12-/m0/s1. The normalized spacial score (nSPS) is 11.9. The molecule has 0 bridgehead atoms. The summed E-state index contributed by atoms with van der Waals surface area (Å²) in [6.07, 6.45) is 0.245. The summed E-state index contributed by atoms with van der Waals surface area (Å²) < 4.78 is 5.37. The summed E-state index contributed by atoms with van der Waals surface area (Å²) in [4.78, 5) is 12.2. The third kappa shape index (κ3) is 4.63. The number of hydrogen-bond acceptors (Lipinski definition) is 2. The zero-order chi connectivity index (χ0) is 17.0. The Labute approximate surface area is 146 Å². The summed E-state index contributed by atoms with van der Waals surface area (Å²) in [7, 11) is 1.62. The quantitative estimate of drug-likeness (QED) is 0.845. The summed E-state index contributed by atoms with van der Waals surface area (Å²) in [5.41, 5.74) is 2.89. The lowest BCUT2D eigenvalue weighted by Crippen LogP contribution is -2.28. The van der Waals surface area contributed by atoms with E-state index >= 15 is 0 Å². The van der Waals surface area contributed by atoms with E-state index in [1.807, 2.05) is 32.0 Å². The van der Waals surface area contributed by atoms with E-state index in [0.29, 0.717) is 10.0 Å². The Kier molecular flexibility index (Phi) is 5.91. The fraction of sp³-hybridized carbons (Fsp3) is 0.278. The highest BCUT2D eigenvalue weighted by Crippen LogP contribution is 2.26. The minimum Gasteiger partial charge on any atom is -0.496 e. The minimum atomic E-state index is -0.153. The van der Waals surface area contributed by atoms with E-state index in [9.17, 15) is 4.79 Å². The molecule has 0 aliphatic heterocycles. The van der Waals surface area contributed by atoms with Crippen LogP contribution in [0.25, 0.3) is 0 Å². The monoisotopic (exact) mass is 351 g/mol. The number of halogens is 2. The molecule has 0 heterocycles. The molecular weight excluding hydrogens is 333 g/mol. The lowest BCUT2D eigenvalue weighted by molar-refractivity contribution is -0.121. The van der Waals surface area contributed by atoms with Gasteiger partial charge in [-0.05, 0) is 37.6 Å². The molecule has 122 valence electrons. The number of methoxy groups -OCH3 is 1. The van der Waals surface area contributed by atoms with Crippen molar-refractivity contribution < 1.29 is 9.53 Å². The van der Waals surface area contributed by atoms with E-state index in [2.05, 4.69) is 5.32 Å². The molecule has 0 aliphatic rings. The zero-order valence-electron chi connectivity index (χ0n) is 13.3. The van der Waals surface area contributed by atoms with Crippen molar-refractivity contribution in [2.45, 2.75) is 26.3 Å². The van der Waals surface area contributed by atoms with Gasteiger partial charge in [0.05, 0.1) is 29.6 Å². The van der Waals surface area contributed by atoms with E-state index in [1.165, 1.54) is 0 Å². The van der Waals surface area contributed by atoms with Crippen LogP contribution in [0.2, 0.25) is 10.0 Å². The first-order valence-corrected chi connectivity index (χ1v) is 8.04. The van der Waals surface area contributed by atoms with E-state index in [1.54, 1.807) is 25.3 Å². The zero-order valence-corrected chi connectivity index (χ0v) is 14.8. The SMILES string of the molecule is COc1ccc(C)cc1[C@H](C)NC(=O)Cc1ccc(Cl)c(Cl)c1. The molecular formula is C18H19Cl2NO2. The lowest BCUT2D eigenvalue weighted by Gasteiger charge is -2.18. The van der Waals surface area contributed by atoms with Gasteiger partial charge in [0.15, 0.2) is 0 Å². The topological polar surface area (TPSA) is 38.3 Å². The largest absolute Gasteiger partial charge is 0.496 e. The van der Waals surface area contributed by atoms with Gasteiger partial charge in [0, 0.05) is 5.56 Å². The molecule has 1 atom stereocenters. The predicted octanol–water partition coefficient (Wildman–Crippen LogP) is 4.73. The molecule has 3 nitrogen and oxygen atoms in total. The van der Waals surface area contributed by atoms with Crippen molar-refractivity contribution in [2.24, 2.45) is 0 Å². The Balaban J connectivity index is 2.07. The van der Waals surface area contributed by atoms with Gasteiger partial charge in [0.2, 0.25) is 5.91 Å². The number of benzene rings is 2. The van der Waals surface area contributed by atoms with Crippen molar-refractivity contribution in [3.05, 3.63) is 63.1 Å². The fourth-order valence-corrected chi connectivity index (χ4v) is 2.72. The fourth-order valence-electron chi connectivity index (χ4n) is 2.40. The van der Waals surface area contributed by atoms with Gasteiger partial charge in [-0.3, -0.25) is 4.79 Å². The highest BCUT2D eigenvalue weighted by molar-refractivity contribution is 6.42. The third-order valence-corrected chi connectivity index (χ3v) is 4.32. The molecule has 0 saturated heterocycles. The number of aryl methyl sites for hydroxylation is 1. The van der Waals surface area contributed by atoms with E-state index < -0.39 is 0 Å². The van der Waals surface area contributed by atoms with E-state index in [4.69, 9.17) is 27.9 Å². The van der Waals surface area contributed by atoms with Gasteiger partial charge in [-0.15, -0.1) is 0 Å². The van der Waals surface area contributed by atoms with Crippen LogP contribution in [0.4, 0.5) is 0 Å². The van der Waals surface area contributed by atoms with Gasteiger partial charge in [-0.2, -0.15) is 0 Å². The highest BCUT2D eigenvalue weighted by atomic mass is 35.5. The number of carbonyl (C=O) groups is 1. The maximum atomic E-state index is 12.2. The third-order valence-electron chi connectivity index (χ3n) is 3.58. The molecule has 5 heteroatoms. The first kappa shape index (κ1) is 17.6. The predicted molar refractivity (Wildman–Crippen MR) is 94.5 cm³/mol. The minimum absolute atomic E-state index is 0.0838. The molecule has 0 unspecified atom stereocenters. The summed E-state index contributed by atoms with van der Waals surface area (Å²) in [6, 6.07) is 11.0. The smallest absolute Gasteiger partial charge is 0.224 e. The van der Waals surface area contributed by atoms with Crippen molar-refractivity contribution >= 4 is 29.1 Å². The van der Waals surface area contributed by atoms with Crippen molar-refractivity contribution in [1.82, 2.24) is 5.32 Å². The number of carbonyl (C=O) groups excluding carboxylic acids is 1. The summed E-state index contributed by atoms with van der Waals surface area (Å²) in [5, 5.41) is 3.92. The summed E-state index contributed by atoms with van der Waals surface area (Å²) in [5.74, 6) is 0.678. The van der Waals surface area contributed by atoms with E-state index in [-0.39, 0.29) is 18.4 Å². The van der Waals surface area contributed by atoms with Crippen LogP contribution in [-0.4, -0.2) is 13.0 Å². The molecule has 2 aromatic rings. The Morgan fingerprint density at radius 2 is 1.91 bits per heavy atom. The van der Waals surface area contributed by atoms with E-state index in [0.717, 1.165) is 22.4 Å². The van der Waals surface area contributed by atoms with Gasteiger partial charge in [0.25, 0.3) is 0 Å². The van der Waals surface area contributed by atoms with Crippen LogP contribution < -0.4 is 10.1 Å². The molecule has 2 aromatic carbocycles. The van der Waals surface area contributed by atoms with Gasteiger partial charge < -0.3 is 10.1 Å². The molecule has 23 heavy (non-hydrogen) atoms. The van der Waals surface area contributed by atoms with Crippen molar-refractivity contribution in [2.75, 3.05) is 7.11 Å². The molecule has 2 rings (SSSR count). The van der Waals surface area contributed by atoms with Crippen LogP contribution >= 0.6 is 23.2 Å². The van der Waals surface area contributed by atoms with Crippen LogP contribution in [-0.2, 0) is 11.2 Å². The summed E-state index contributed by atoms with van der Waals surface area (Å²) in [6.45, 7) is 3.94. The van der Waals surface area contributed by atoms with Crippen molar-refractivity contribution in [3.8, 4) is 5.75 Å². The maximum absolute atomic E-state index is 12.2. The van der Waals surface area contributed by atoms with Gasteiger partial charge in [-0.1, -0.05) is 47.0 Å². The first-order chi connectivity index (χ1) is 10.9.